The van der Waals surface area contributed by atoms with E-state index < -0.39 is 0 Å². The number of benzene rings is 3. The Bertz CT molecular complexity index is 993. The van der Waals surface area contributed by atoms with Crippen LogP contribution in [0.4, 0.5) is 5.69 Å². The third-order valence-electron chi connectivity index (χ3n) is 4.15. The van der Waals surface area contributed by atoms with Crippen LogP contribution >= 0.6 is 11.6 Å². The summed E-state index contributed by atoms with van der Waals surface area (Å²) in [6.07, 6.45) is 0. The molecule has 3 aromatic carbocycles. The van der Waals surface area contributed by atoms with E-state index in [1.54, 1.807) is 7.11 Å². The molecule has 0 fully saturated rings. The summed E-state index contributed by atoms with van der Waals surface area (Å²) in [5, 5.41) is 5.32. The molecule has 26 heavy (non-hydrogen) atoms. The minimum Gasteiger partial charge on any atom is -0.497 e. The van der Waals surface area contributed by atoms with E-state index in [1.807, 2.05) is 72.8 Å². The number of rotatable bonds is 3. The van der Waals surface area contributed by atoms with Crippen molar-refractivity contribution in [2.24, 2.45) is 10.1 Å². The Balaban J connectivity index is 1.80. The molecule has 128 valence electrons. The Morgan fingerprint density at radius 3 is 2.27 bits per heavy atom. The number of hydrogen-bond acceptors (Lipinski definition) is 4. The zero-order chi connectivity index (χ0) is 17.9. The maximum Gasteiger partial charge on any atom is 0.154 e. The first kappa shape index (κ1) is 16.4. The number of halogens is 1. The SMILES string of the molecule is COc1ccc(C2=NNC(c3ccc(Cl)cc3)=Nc3ccccc32)cc1. The summed E-state index contributed by atoms with van der Waals surface area (Å²) < 4.78 is 5.25. The smallest absolute Gasteiger partial charge is 0.154 e. The van der Waals surface area contributed by atoms with Crippen LogP contribution in [0.15, 0.2) is 82.9 Å². The number of nitrogens with one attached hydrogen (secondary N) is 1. The number of fused-ring (bicyclic) bond motifs is 1. The van der Waals surface area contributed by atoms with Crippen LogP contribution in [0.25, 0.3) is 0 Å². The van der Waals surface area contributed by atoms with Crippen LogP contribution in [0.5, 0.6) is 5.75 Å². The molecule has 0 aliphatic carbocycles. The minimum atomic E-state index is 0.678. The fourth-order valence-corrected chi connectivity index (χ4v) is 2.92. The van der Waals surface area contributed by atoms with E-state index in [-0.39, 0.29) is 0 Å². The summed E-state index contributed by atoms with van der Waals surface area (Å²) in [5.74, 6) is 1.49. The fourth-order valence-electron chi connectivity index (χ4n) is 2.79. The Morgan fingerprint density at radius 1 is 0.846 bits per heavy atom. The molecule has 1 aliphatic heterocycles. The second-order valence-corrected chi connectivity index (χ2v) is 6.22. The van der Waals surface area contributed by atoms with Crippen molar-refractivity contribution >= 4 is 28.8 Å². The normalized spacial score (nSPS) is 13.0. The molecule has 0 aromatic heterocycles. The molecule has 0 amide bonds. The first-order valence-corrected chi connectivity index (χ1v) is 8.54. The largest absolute Gasteiger partial charge is 0.497 e. The number of nitrogens with zero attached hydrogens (tertiary/aromatic N) is 2. The summed E-state index contributed by atoms with van der Waals surface area (Å²) in [6.45, 7) is 0. The van der Waals surface area contributed by atoms with Gasteiger partial charge in [0.05, 0.1) is 18.5 Å². The second-order valence-electron chi connectivity index (χ2n) is 5.79. The number of para-hydroxylation sites is 1. The van der Waals surface area contributed by atoms with Crippen molar-refractivity contribution < 1.29 is 4.74 Å². The molecule has 0 atom stereocenters. The van der Waals surface area contributed by atoms with Gasteiger partial charge in [0, 0.05) is 21.7 Å². The molecule has 0 saturated heterocycles. The molecule has 5 heteroatoms. The van der Waals surface area contributed by atoms with Crippen LogP contribution in [0.1, 0.15) is 16.7 Å². The molecule has 0 unspecified atom stereocenters. The zero-order valence-corrected chi connectivity index (χ0v) is 14.9. The molecule has 1 N–H and O–H groups in total. The van der Waals surface area contributed by atoms with E-state index in [2.05, 4.69) is 10.5 Å². The average molecular weight is 362 g/mol. The number of amidine groups is 1. The summed E-state index contributed by atoms with van der Waals surface area (Å²) in [4.78, 5) is 4.77. The number of hydrazone groups is 1. The highest BCUT2D eigenvalue weighted by molar-refractivity contribution is 6.30. The van der Waals surface area contributed by atoms with E-state index in [9.17, 15) is 0 Å². The second kappa shape index (κ2) is 7.02. The lowest BCUT2D eigenvalue weighted by molar-refractivity contribution is 0.415. The van der Waals surface area contributed by atoms with Crippen molar-refractivity contribution in [3.63, 3.8) is 0 Å². The predicted molar refractivity (Wildman–Crippen MR) is 106 cm³/mol. The fraction of sp³-hybridized carbons (Fsp3) is 0.0476. The lowest BCUT2D eigenvalue weighted by Gasteiger charge is -2.08. The summed E-state index contributed by atoms with van der Waals surface area (Å²) in [6, 6.07) is 23.3. The highest BCUT2D eigenvalue weighted by Crippen LogP contribution is 2.26. The van der Waals surface area contributed by atoms with Gasteiger partial charge < -0.3 is 4.74 Å². The quantitative estimate of drug-likeness (QED) is 0.729. The van der Waals surface area contributed by atoms with Gasteiger partial charge in [0.1, 0.15) is 5.75 Å². The Morgan fingerprint density at radius 2 is 1.54 bits per heavy atom. The van der Waals surface area contributed by atoms with E-state index >= 15 is 0 Å². The van der Waals surface area contributed by atoms with Gasteiger partial charge in [-0.15, -0.1) is 0 Å². The first-order chi connectivity index (χ1) is 12.7. The van der Waals surface area contributed by atoms with Gasteiger partial charge in [-0.1, -0.05) is 29.8 Å². The highest BCUT2D eigenvalue weighted by atomic mass is 35.5. The summed E-state index contributed by atoms with van der Waals surface area (Å²) in [5.41, 5.74) is 7.66. The van der Waals surface area contributed by atoms with Gasteiger partial charge in [-0.2, -0.15) is 5.10 Å². The average Bonchev–Trinajstić information content (AvgIpc) is 2.88. The number of hydrogen-bond donors (Lipinski definition) is 1. The minimum absolute atomic E-state index is 0.678. The molecule has 1 heterocycles. The number of methoxy groups -OCH3 is 1. The molecule has 0 saturated carbocycles. The lowest BCUT2D eigenvalue weighted by atomic mass is 10.0. The van der Waals surface area contributed by atoms with Gasteiger partial charge >= 0.3 is 0 Å². The monoisotopic (exact) mass is 361 g/mol. The van der Waals surface area contributed by atoms with Gasteiger partial charge in [0.2, 0.25) is 0 Å². The first-order valence-electron chi connectivity index (χ1n) is 8.17. The third kappa shape index (κ3) is 3.19. The van der Waals surface area contributed by atoms with Crippen molar-refractivity contribution in [2.75, 3.05) is 7.11 Å². The molecule has 4 rings (SSSR count). The van der Waals surface area contributed by atoms with Crippen molar-refractivity contribution in [3.8, 4) is 5.75 Å². The maximum atomic E-state index is 5.99. The van der Waals surface area contributed by atoms with Crippen LogP contribution in [0.2, 0.25) is 5.02 Å². The zero-order valence-electron chi connectivity index (χ0n) is 14.1. The van der Waals surface area contributed by atoms with E-state index in [1.165, 1.54) is 0 Å². The van der Waals surface area contributed by atoms with Crippen molar-refractivity contribution in [2.45, 2.75) is 0 Å². The lowest BCUT2D eigenvalue weighted by Crippen LogP contribution is -2.19. The van der Waals surface area contributed by atoms with Crippen molar-refractivity contribution in [1.29, 1.82) is 0 Å². The maximum absolute atomic E-state index is 5.99. The van der Waals surface area contributed by atoms with Crippen LogP contribution in [0.3, 0.4) is 0 Å². The topological polar surface area (TPSA) is 46.0 Å². The summed E-state index contributed by atoms with van der Waals surface area (Å²) in [7, 11) is 1.65. The highest BCUT2D eigenvalue weighted by Gasteiger charge is 2.16. The molecular formula is C21H16ClN3O. The van der Waals surface area contributed by atoms with Gasteiger partial charge in [-0.05, 0) is 54.6 Å². The van der Waals surface area contributed by atoms with E-state index in [0.29, 0.717) is 10.9 Å². The van der Waals surface area contributed by atoms with Gasteiger partial charge in [-0.25, -0.2) is 4.99 Å². The molecule has 0 spiro atoms. The molecule has 0 radical (unpaired) electrons. The summed E-state index contributed by atoms with van der Waals surface area (Å²) >= 11 is 5.99. The van der Waals surface area contributed by atoms with Crippen LogP contribution in [-0.4, -0.2) is 18.7 Å². The van der Waals surface area contributed by atoms with E-state index in [4.69, 9.17) is 21.3 Å². The number of aliphatic imine (C=N–C) groups is 1. The van der Waals surface area contributed by atoms with Crippen LogP contribution < -0.4 is 10.2 Å². The standard InChI is InChI=1S/C21H16ClN3O/c1-26-17-12-8-14(9-13-17)20-18-4-2-3-5-19(18)23-21(25-24-20)15-6-10-16(22)11-7-15/h2-13H,1H3,(H,23,25). The van der Waals surface area contributed by atoms with Gasteiger partial charge in [0.25, 0.3) is 0 Å². The molecule has 3 aromatic rings. The van der Waals surface area contributed by atoms with Crippen LogP contribution in [-0.2, 0) is 0 Å². The Hall–Kier alpha value is -3.11. The number of ether oxygens (including phenoxy) is 1. The molecule has 1 aliphatic rings. The Labute approximate surface area is 156 Å². The Kier molecular flexibility index (Phi) is 4.42. The van der Waals surface area contributed by atoms with Crippen molar-refractivity contribution in [1.82, 2.24) is 5.43 Å². The van der Waals surface area contributed by atoms with Crippen molar-refractivity contribution in [3.05, 3.63) is 94.5 Å². The third-order valence-corrected chi connectivity index (χ3v) is 4.40. The molecule has 4 nitrogen and oxygen atoms in total. The predicted octanol–water partition coefficient (Wildman–Crippen LogP) is 4.78. The van der Waals surface area contributed by atoms with E-state index in [0.717, 1.165) is 33.8 Å². The van der Waals surface area contributed by atoms with Gasteiger partial charge in [-0.3, -0.25) is 5.43 Å². The molecular weight excluding hydrogens is 346 g/mol. The van der Waals surface area contributed by atoms with Gasteiger partial charge in [0.15, 0.2) is 5.84 Å². The molecule has 0 bridgehead atoms. The van der Waals surface area contributed by atoms with Crippen LogP contribution in [0, 0.1) is 0 Å².